The first-order valence-electron chi connectivity index (χ1n) is 6.86. The first-order valence-corrected chi connectivity index (χ1v) is 8.02. The average Bonchev–Trinajstić information content (AvgIpc) is 2.82. The Kier molecular flexibility index (Phi) is 6.24. The van der Waals surface area contributed by atoms with Gasteiger partial charge in [0.1, 0.15) is 0 Å². The Labute approximate surface area is 114 Å². The van der Waals surface area contributed by atoms with Crippen LogP contribution in [0.4, 0.5) is 0 Å². The predicted molar refractivity (Wildman–Crippen MR) is 74.3 cm³/mol. The van der Waals surface area contributed by atoms with Gasteiger partial charge in [0.2, 0.25) is 0 Å². The number of nitrogens with one attached hydrogen (secondary N) is 1. The molecule has 2 aliphatic heterocycles. The molecular weight excluding hydrogens is 250 g/mol. The monoisotopic (exact) mass is 275 g/mol. The molecule has 0 radical (unpaired) electrons. The largest absolute Gasteiger partial charge is 0.382 e. The Morgan fingerprint density at radius 3 is 3.11 bits per heavy atom. The van der Waals surface area contributed by atoms with Crippen molar-refractivity contribution in [3.63, 3.8) is 0 Å². The molecule has 0 aromatic heterocycles. The fraction of sp³-hybridized carbons (Fsp3) is 1.00. The molecule has 0 amide bonds. The van der Waals surface area contributed by atoms with Crippen molar-refractivity contribution in [3.8, 4) is 0 Å². The number of ether oxygens (including phenoxy) is 3. The van der Waals surface area contributed by atoms with E-state index in [9.17, 15) is 0 Å². The summed E-state index contributed by atoms with van der Waals surface area (Å²) in [7, 11) is 1.70. The van der Waals surface area contributed by atoms with Gasteiger partial charge in [-0.25, -0.2) is 0 Å². The third kappa shape index (κ3) is 4.38. The highest BCUT2D eigenvalue weighted by atomic mass is 32.2. The van der Waals surface area contributed by atoms with Crippen molar-refractivity contribution in [2.45, 2.75) is 30.9 Å². The molecule has 0 aliphatic carbocycles. The van der Waals surface area contributed by atoms with Crippen molar-refractivity contribution in [3.05, 3.63) is 0 Å². The lowest BCUT2D eigenvalue weighted by Crippen LogP contribution is -2.47. The standard InChI is InChI=1S/C13H25NO3S/c1-15-7-8-16-6-4-14-12-2-5-17-13(10-12)3-9-18-11-13/h12,14H,2-11H2,1H3. The molecule has 106 valence electrons. The van der Waals surface area contributed by atoms with E-state index in [1.807, 2.05) is 11.8 Å². The molecule has 18 heavy (non-hydrogen) atoms. The molecule has 2 fully saturated rings. The van der Waals surface area contributed by atoms with Crippen molar-refractivity contribution < 1.29 is 14.2 Å². The van der Waals surface area contributed by atoms with Crippen molar-refractivity contribution in [1.82, 2.24) is 5.32 Å². The Bertz CT molecular complexity index is 234. The van der Waals surface area contributed by atoms with Gasteiger partial charge in [-0.1, -0.05) is 0 Å². The summed E-state index contributed by atoms with van der Waals surface area (Å²) in [5, 5.41) is 3.59. The first-order chi connectivity index (χ1) is 8.85. The van der Waals surface area contributed by atoms with E-state index >= 15 is 0 Å². The normalized spacial score (nSPS) is 32.2. The zero-order valence-electron chi connectivity index (χ0n) is 11.3. The number of thioether (sulfide) groups is 1. The summed E-state index contributed by atoms with van der Waals surface area (Å²) in [6.45, 7) is 3.97. The van der Waals surface area contributed by atoms with E-state index in [0.717, 1.165) is 32.6 Å². The van der Waals surface area contributed by atoms with Gasteiger partial charge in [0.15, 0.2) is 0 Å². The van der Waals surface area contributed by atoms with E-state index < -0.39 is 0 Å². The van der Waals surface area contributed by atoms with Crippen LogP contribution in [0, 0.1) is 0 Å². The van der Waals surface area contributed by atoms with Crippen LogP contribution in [0.1, 0.15) is 19.3 Å². The van der Waals surface area contributed by atoms with Crippen molar-refractivity contribution in [2.24, 2.45) is 0 Å². The van der Waals surface area contributed by atoms with E-state index in [1.54, 1.807) is 7.11 Å². The van der Waals surface area contributed by atoms with Crippen LogP contribution in [0.15, 0.2) is 0 Å². The zero-order chi connectivity index (χ0) is 12.7. The molecular formula is C13H25NO3S. The minimum absolute atomic E-state index is 0.178. The van der Waals surface area contributed by atoms with Gasteiger partial charge >= 0.3 is 0 Å². The molecule has 5 heteroatoms. The summed E-state index contributed by atoms with van der Waals surface area (Å²) in [4.78, 5) is 0. The van der Waals surface area contributed by atoms with Gasteiger partial charge in [-0.05, 0) is 25.0 Å². The summed E-state index contributed by atoms with van der Waals surface area (Å²) < 4.78 is 16.4. The predicted octanol–water partition coefficient (Wildman–Crippen LogP) is 1.29. The lowest BCUT2D eigenvalue weighted by molar-refractivity contribution is -0.0706. The molecule has 0 aromatic rings. The molecule has 2 heterocycles. The van der Waals surface area contributed by atoms with Gasteiger partial charge < -0.3 is 19.5 Å². The molecule has 2 atom stereocenters. The van der Waals surface area contributed by atoms with Gasteiger partial charge in [-0.3, -0.25) is 0 Å². The van der Waals surface area contributed by atoms with Crippen LogP contribution >= 0.6 is 11.8 Å². The fourth-order valence-electron chi connectivity index (χ4n) is 2.64. The van der Waals surface area contributed by atoms with Crippen LogP contribution < -0.4 is 5.32 Å². The molecule has 2 saturated heterocycles. The topological polar surface area (TPSA) is 39.7 Å². The van der Waals surface area contributed by atoms with Crippen LogP contribution in [0.2, 0.25) is 0 Å². The smallest absolute Gasteiger partial charge is 0.0795 e. The second kappa shape index (κ2) is 7.70. The van der Waals surface area contributed by atoms with Gasteiger partial charge in [0.05, 0.1) is 25.4 Å². The van der Waals surface area contributed by atoms with Gasteiger partial charge in [-0.15, -0.1) is 0 Å². The first kappa shape index (κ1) is 14.6. The molecule has 2 unspecified atom stereocenters. The van der Waals surface area contributed by atoms with E-state index in [0.29, 0.717) is 19.3 Å². The maximum absolute atomic E-state index is 6.01. The summed E-state index contributed by atoms with van der Waals surface area (Å²) >= 11 is 2.03. The Balaban J connectivity index is 1.58. The molecule has 4 nitrogen and oxygen atoms in total. The van der Waals surface area contributed by atoms with E-state index in [-0.39, 0.29) is 5.60 Å². The molecule has 1 N–H and O–H groups in total. The summed E-state index contributed by atoms with van der Waals surface area (Å²) in [6, 6.07) is 0.600. The highest BCUT2D eigenvalue weighted by Gasteiger charge is 2.40. The molecule has 1 spiro atoms. The lowest BCUT2D eigenvalue weighted by atomic mass is 9.90. The maximum atomic E-state index is 6.01. The number of rotatable bonds is 7. The van der Waals surface area contributed by atoms with Crippen molar-refractivity contribution >= 4 is 11.8 Å². The second-order valence-electron chi connectivity index (χ2n) is 5.08. The quantitative estimate of drug-likeness (QED) is 0.709. The number of hydrogen-bond acceptors (Lipinski definition) is 5. The van der Waals surface area contributed by atoms with Crippen LogP contribution in [-0.2, 0) is 14.2 Å². The highest BCUT2D eigenvalue weighted by Crippen LogP contribution is 2.38. The second-order valence-corrected chi connectivity index (χ2v) is 6.19. The van der Waals surface area contributed by atoms with Gasteiger partial charge in [0.25, 0.3) is 0 Å². The van der Waals surface area contributed by atoms with E-state index in [4.69, 9.17) is 14.2 Å². The maximum Gasteiger partial charge on any atom is 0.0795 e. The SMILES string of the molecule is COCCOCCNC1CCOC2(CCSC2)C1. The molecule has 0 saturated carbocycles. The van der Waals surface area contributed by atoms with Gasteiger partial charge in [-0.2, -0.15) is 11.8 Å². The average molecular weight is 275 g/mol. The lowest BCUT2D eigenvalue weighted by Gasteiger charge is -2.38. The van der Waals surface area contributed by atoms with Gasteiger partial charge in [0, 0.05) is 32.1 Å². The highest BCUT2D eigenvalue weighted by molar-refractivity contribution is 7.99. The third-order valence-electron chi connectivity index (χ3n) is 3.67. The van der Waals surface area contributed by atoms with Crippen molar-refractivity contribution in [1.29, 1.82) is 0 Å². The third-order valence-corrected chi connectivity index (χ3v) is 4.89. The van der Waals surface area contributed by atoms with E-state index in [2.05, 4.69) is 5.32 Å². The zero-order valence-corrected chi connectivity index (χ0v) is 12.1. The van der Waals surface area contributed by atoms with Crippen LogP contribution in [0.3, 0.4) is 0 Å². The summed E-state index contributed by atoms with van der Waals surface area (Å²) in [5.41, 5.74) is 0.178. The molecule has 2 rings (SSSR count). The molecule has 2 aliphatic rings. The van der Waals surface area contributed by atoms with Crippen LogP contribution in [-0.4, -0.2) is 63.2 Å². The summed E-state index contributed by atoms with van der Waals surface area (Å²) in [6.07, 6.45) is 3.52. The number of hydrogen-bond donors (Lipinski definition) is 1. The molecule has 0 aromatic carbocycles. The number of methoxy groups -OCH3 is 1. The minimum Gasteiger partial charge on any atom is -0.382 e. The Morgan fingerprint density at radius 1 is 1.39 bits per heavy atom. The fourth-order valence-corrected chi connectivity index (χ4v) is 4.02. The molecule has 0 bridgehead atoms. The Hall–Kier alpha value is 0.190. The van der Waals surface area contributed by atoms with Crippen molar-refractivity contribution in [2.75, 3.05) is 51.6 Å². The van der Waals surface area contributed by atoms with E-state index in [1.165, 1.54) is 17.9 Å². The summed E-state index contributed by atoms with van der Waals surface area (Å²) in [5.74, 6) is 2.43. The minimum atomic E-state index is 0.178. The van der Waals surface area contributed by atoms with Crippen LogP contribution in [0.5, 0.6) is 0 Å². The Morgan fingerprint density at radius 2 is 2.33 bits per heavy atom. The van der Waals surface area contributed by atoms with Crippen LogP contribution in [0.25, 0.3) is 0 Å².